The molecule has 3 heteroatoms. The second-order valence-electron chi connectivity index (χ2n) is 3.62. The smallest absolute Gasteiger partial charge is 0.311 e. The maximum absolute atomic E-state index is 11.4. The summed E-state index contributed by atoms with van der Waals surface area (Å²) in [5.41, 5.74) is 0.948. The van der Waals surface area contributed by atoms with Crippen LogP contribution in [-0.2, 0) is 16.1 Å². The Bertz CT molecular complexity index is 306. The van der Waals surface area contributed by atoms with E-state index in [1.807, 2.05) is 30.3 Å². The summed E-state index contributed by atoms with van der Waals surface area (Å²) in [6.45, 7) is 3.49. The third-order valence-electron chi connectivity index (χ3n) is 2.32. The van der Waals surface area contributed by atoms with Gasteiger partial charge in [-0.25, -0.2) is 0 Å². The molecule has 15 heavy (non-hydrogen) atoms. The fourth-order valence-electron chi connectivity index (χ4n) is 1.06. The minimum atomic E-state index is -0.673. The van der Waals surface area contributed by atoms with Crippen LogP contribution in [0.3, 0.4) is 0 Å². The van der Waals surface area contributed by atoms with Gasteiger partial charge in [0.05, 0.1) is 12.0 Å². The Labute approximate surface area is 89.7 Å². The molecule has 0 saturated carbocycles. The molecule has 1 N–H and O–H groups in total. The fraction of sp³-hybridized carbons (Fsp3) is 0.417. The number of aliphatic hydroxyl groups excluding tert-OH is 1. The van der Waals surface area contributed by atoms with Gasteiger partial charge in [-0.15, -0.1) is 0 Å². The number of ether oxygens (including phenoxy) is 1. The number of esters is 1. The van der Waals surface area contributed by atoms with Crippen LogP contribution in [0.25, 0.3) is 0 Å². The Kier molecular flexibility index (Phi) is 4.31. The van der Waals surface area contributed by atoms with Crippen LogP contribution in [0.4, 0.5) is 0 Å². The Balaban J connectivity index is 2.41. The molecule has 0 radical (unpaired) electrons. The molecular formula is C12H16O3. The molecule has 1 aromatic carbocycles. The lowest BCUT2D eigenvalue weighted by Crippen LogP contribution is -2.24. The number of benzene rings is 1. The number of carbonyl (C=O) groups excluding carboxylic acids is 1. The second kappa shape index (κ2) is 5.51. The molecule has 2 atom stereocenters. The van der Waals surface area contributed by atoms with Crippen LogP contribution in [0.15, 0.2) is 30.3 Å². The van der Waals surface area contributed by atoms with Crippen molar-refractivity contribution >= 4 is 5.97 Å². The average molecular weight is 208 g/mol. The second-order valence-corrected chi connectivity index (χ2v) is 3.62. The predicted molar refractivity (Wildman–Crippen MR) is 57.1 cm³/mol. The van der Waals surface area contributed by atoms with E-state index in [0.29, 0.717) is 0 Å². The summed E-state index contributed by atoms with van der Waals surface area (Å²) >= 11 is 0. The molecule has 0 fully saturated rings. The maximum Gasteiger partial charge on any atom is 0.311 e. The minimum absolute atomic E-state index is 0.261. The lowest BCUT2D eigenvalue weighted by molar-refractivity contribution is -0.152. The molecule has 0 amide bonds. The van der Waals surface area contributed by atoms with Crippen molar-refractivity contribution in [2.75, 3.05) is 0 Å². The molecule has 0 aliphatic heterocycles. The number of hydrogen-bond acceptors (Lipinski definition) is 3. The van der Waals surface area contributed by atoms with E-state index in [-0.39, 0.29) is 12.6 Å². The lowest BCUT2D eigenvalue weighted by atomic mass is 10.1. The topological polar surface area (TPSA) is 46.5 Å². The van der Waals surface area contributed by atoms with Crippen molar-refractivity contribution in [1.29, 1.82) is 0 Å². The van der Waals surface area contributed by atoms with Gasteiger partial charge in [-0.05, 0) is 19.4 Å². The van der Waals surface area contributed by atoms with Crippen LogP contribution in [0.5, 0.6) is 0 Å². The number of aliphatic hydroxyl groups is 1. The van der Waals surface area contributed by atoms with Crippen molar-refractivity contribution in [3.8, 4) is 0 Å². The Morgan fingerprint density at radius 1 is 1.33 bits per heavy atom. The number of carbonyl (C=O) groups is 1. The van der Waals surface area contributed by atoms with Crippen LogP contribution < -0.4 is 0 Å². The maximum atomic E-state index is 11.4. The molecular weight excluding hydrogens is 192 g/mol. The van der Waals surface area contributed by atoms with E-state index in [9.17, 15) is 9.90 Å². The van der Waals surface area contributed by atoms with E-state index >= 15 is 0 Å². The highest BCUT2D eigenvalue weighted by molar-refractivity contribution is 5.72. The Morgan fingerprint density at radius 2 is 1.93 bits per heavy atom. The minimum Gasteiger partial charge on any atom is -0.461 e. The quantitative estimate of drug-likeness (QED) is 0.767. The number of rotatable bonds is 4. The molecule has 1 rings (SSSR count). The summed E-state index contributed by atoms with van der Waals surface area (Å²) in [4.78, 5) is 11.4. The predicted octanol–water partition coefficient (Wildman–Crippen LogP) is 1.75. The van der Waals surface area contributed by atoms with Crippen molar-refractivity contribution in [1.82, 2.24) is 0 Å². The first-order chi connectivity index (χ1) is 7.11. The highest BCUT2D eigenvalue weighted by Crippen LogP contribution is 2.07. The van der Waals surface area contributed by atoms with Gasteiger partial charge in [-0.1, -0.05) is 30.3 Å². The van der Waals surface area contributed by atoms with E-state index in [2.05, 4.69) is 0 Å². The van der Waals surface area contributed by atoms with Gasteiger partial charge in [0, 0.05) is 0 Å². The van der Waals surface area contributed by atoms with Crippen LogP contribution in [0, 0.1) is 5.92 Å². The van der Waals surface area contributed by atoms with Crippen molar-refractivity contribution in [2.45, 2.75) is 26.6 Å². The number of hydrogen-bond donors (Lipinski definition) is 1. The third-order valence-corrected chi connectivity index (χ3v) is 2.32. The summed E-state index contributed by atoms with van der Waals surface area (Å²) < 4.78 is 5.05. The zero-order chi connectivity index (χ0) is 11.3. The van der Waals surface area contributed by atoms with Crippen LogP contribution in [0.2, 0.25) is 0 Å². The fourth-order valence-corrected chi connectivity index (χ4v) is 1.06. The SMILES string of the molecule is C[C@H](O)[C@H](C)C(=O)OCc1ccccc1. The van der Waals surface area contributed by atoms with E-state index < -0.39 is 12.0 Å². The van der Waals surface area contributed by atoms with Crippen molar-refractivity contribution in [2.24, 2.45) is 5.92 Å². The highest BCUT2D eigenvalue weighted by atomic mass is 16.5. The average Bonchev–Trinajstić information content (AvgIpc) is 2.26. The zero-order valence-electron chi connectivity index (χ0n) is 9.01. The molecule has 1 aromatic rings. The Morgan fingerprint density at radius 3 is 2.47 bits per heavy atom. The zero-order valence-corrected chi connectivity index (χ0v) is 9.01. The summed E-state index contributed by atoms with van der Waals surface area (Å²) in [7, 11) is 0. The van der Waals surface area contributed by atoms with E-state index in [4.69, 9.17) is 4.74 Å². The van der Waals surface area contributed by atoms with Gasteiger partial charge in [0.15, 0.2) is 0 Å². The summed E-state index contributed by atoms with van der Waals surface area (Å²) in [5, 5.41) is 9.19. The Hall–Kier alpha value is -1.35. The van der Waals surface area contributed by atoms with Gasteiger partial charge in [0.1, 0.15) is 6.61 Å². The summed E-state index contributed by atoms with van der Waals surface area (Å²) in [6.07, 6.45) is -0.673. The molecule has 82 valence electrons. The molecule has 0 spiro atoms. The lowest BCUT2D eigenvalue weighted by Gasteiger charge is -2.13. The molecule has 0 aliphatic rings. The van der Waals surface area contributed by atoms with E-state index in [0.717, 1.165) is 5.56 Å². The van der Waals surface area contributed by atoms with Gasteiger partial charge >= 0.3 is 5.97 Å². The van der Waals surface area contributed by atoms with Crippen molar-refractivity contribution in [3.63, 3.8) is 0 Å². The first kappa shape index (κ1) is 11.7. The largest absolute Gasteiger partial charge is 0.461 e. The van der Waals surface area contributed by atoms with Crippen molar-refractivity contribution in [3.05, 3.63) is 35.9 Å². The summed E-state index contributed by atoms with van der Waals surface area (Å²) in [5.74, 6) is -0.845. The molecule has 0 unspecified atom stereocenters. The van der Waals surface area contributed by atoms with Gasteiger partial charge in [-0.3, -0.25) is 4.79 Å². The standard InChI is InChI=1S/C12H16O3/c1-9(10(2)13)12(14)15-8-11-6-4-3-5-7-11/h3-7,9-10,13H,8H2,1-2H3/t9-,10-/m0/s1. The molecule has 0 heterocycles. The molecule has 0 bridgehead atoms. The highest BCUT2D eigenvalue weighted by Gasteiger charge is 2.19. The molecule has 0 aromatic heterocycles. The van der Waals surface area contributed by atoms with Crippen LogP contribution >= 0.6 is 0 Å². The van der Waals surface area contributed by atoms with Crippen molar-refractivity contribution < 1.29 is 14.6 Å². The molecule has 0 saturated heterocycles. The molecule has 0 aliphatic carbocycles. The van der Waals surface area contributed by atoms with E-state index in [1.165, 1.54) is 0 Å². The summed E-state index contributed by atoms with van der Waals surface area (Å²) in [6, 6.07) is 9.47. The van der Waals surface area contributed by atoms with Crippen LogP contribution in [0.1, 0.15) is 19.4 Å². The molecule has 3 nitrogen and oxygen atoms in total. The van der Waals surface area contributed by atoms with Gasteiger partial charge in [0.25, 0.3) is 0 Å². The first-order valence-corrected chi connectivity index (χ1v) is 5.00. The monoisotopic (exact) mass is 208 g/mol. The van der Waals surface area contributed by atoms with Gasteiger partial charge in [0.2, 0.25) is 0 Å². The van der Waals surface area contributed by atoms with Crippen LogP contribution in [-0.4, -0.2) is 17.2 Å². The third kappa shape index (κ3) is 3.72. The van der Waals surface area contributed by atoms with E-state index in [1.54, 1.807) is 13.8 Å². The normalized spacial score (nSPS) is 14.3. The van der Waals surface area contributed by atoms with Gasteiger partial charge < -0.3 is 9.84 Å². The first-order valence-electron chi connectivity index (χ1n) is 5.00. The van der Waals surface area contributed by atoms with Gasteiger partial charge in [-0.2, -0.15) is 0 Å².